The first-order valence-corrected chi connectivity index (χ1v) is 8.71. The number of aromatic nitrogens is 3. The predicted molar refractivity (Wildman–Crippen MR) is 110 cm³/mol. The average Bonchev–Trinajstić information content (AvgIpc) is 3.31. The van der Waals surface area contributed by atoms with Crippen LogP contribution in [0.15, 0.2) is 64.8 Å². The van der Waals surface area contributed by atoms with E-state index < -0.39 is 0 Å². The van der Waals surface area contributed by atoms with Crippen molar-refractivity contribution in [2.75, 3.05) is 14.1 Å². The lowest BCUT2D eigenvalue weighted by molar-refractivity contribution is 0.864. The van der Waals surface area contributed by atoms with E-state index in [0.717, 1.165) is 28.1 Å². The SMILES string of the molecule is CN=CNC(=NC)NCc1nc2ccccn2c1-c1ccc2[nH]ccc2c1. The van der Waals surface area contributed by atoms with Crippen molar-refractivity contribution in [3.05, 3.63) is 60.6 Å². The molecule has 0 radical (unpaired) electrons. The van der Waals surface area contributed by atoms with E-state index in [4.69, 9.17) is 4.98 Å². The quantitative estimate of drug-likeness (QED) is 0.387. The molecule has 7 heteroatoms. The van der Waals surface area contributed by atoms with Gasteiger partial charge in [0, 0.05) is 43.0 Å². The topological polar surface area (TPSA) is 81.9 Å². The number of guanidine groups is 1. The Balaban J connectivity index is 1.75. The number of nitrogens with one attached hydrogen (secondary N) is 3. The molecule has 27 heavy (non-hydrogen) atoms. The van der Waals surface area contributed by atoms with Gasteiger partial charge in [0.15, 0.2) is 5.96 Å². The lowest BCUT2D eigenvalue weighted by atomic mass is 10.1. The van der Waals surface area contributed by atoms with Gasteiger partial charge in [0.2, 0.25) is 0 Å². The lowest BCUT2D eigenvalue weighted by Crippen LogP contribution is -2.36. The van der Waals surface area contributed by atoms with Crippen molar-refractivity contribution in [3.8, 4) is 11.3 Å². The minimum Gasteiger partial charge on any atom is -0.361 e. The average molecular weight is 359 g/mol. The van der Waals surface area contributed by atoms with Gasteiger partial charge in [-0.15, -0.1) is 0 Å². The van der Waals surface area contributed by atoms with Gasteiger partial charge < -0.3 is 15.6 Å². The summed E-state index contributed by atoms with van der Waals surface area (Å²) in [5.41, 5.74) is 5.18. The Morgan fingerprint density at radius 2 is 2.15 bits per heavy atom. The molecule has 0 aliphatic carbocycles. The Morgan fingerprint density at radius 3 is 3.00 bits per heavy atom. The summed E-state index contributed by atoms with van der Waals surface area (Å²) in [4.78, 5) is 16.2. The zero-order chi connectivity index (χ0) is 18.6. The second kappa shape index (κ2) is 7.33. The van der Waals surface area contributed by atoms with Gasteiger partial charge in [0.1, 0.15) is 5.65 Å². The highest BCUT2D eigenvalue weighted by Gasteiger charge is 2.15. The highest BCUT2D eigenvalue weighted by atomic mass is 15.2. The van der Waals surface area contributed by atoms with Crippen molar-refractivity contribution in [1.29, 1.82) is 0 Å². The molecule has 0 aliphatic rings. The molecular weight excluding hydrogens is 338 g/mol. The summed E-state index contributed by atoms with van der Waals surface area (Å²) in [6.07, 6.45) is 5.59. The fourth-order valence-electron chi connectivity index (χ4n) is 3.16. The number of hydrogen-bond acceptors (Lipinski definition) is 3. The monoisotopic (exact) mass is 359 g/mol. The van der Waals surface area contributed by atoms with Crippen LogP contribution in [0.25, 0.3) is 27.8 Å². The first kappa shape index (κ1) is 16.8. The standard InChI is InChI=1S/C20H21N7/c1-21-13-25-20(22-2)24-12-17-19(27-10-4-3-5-18(27)26-17)15-6-7-16-14(11-15)8-9-23-16/h3-11,13,23H,12H2,1-2H3,(H2,21,22,24,25). The van der Waals surface area contributed by atoms with E-state index in [2.05, 4.69) is 54.3 Å². The van der Waals surface area contributed by atoms with Crippen molar-refractivity contribution in [3.63, 3.8) is 0 Å². The lowest BCUT2D eigenvalue weighted by Gasteiger charge is -2.09. The number of aromatic amines is 1. The molecule has 3 N–H and O–H groups in total. The summed E-state index contributed by atoms with van der Waals surface area (Å²) in [6.45, 7) is 0.541. The fraction of sp³-hybridized carbons (Fsp3) is 0.150. The molecule has 0 fully saturated rings. The van der Waals surface area contributed by atoms with Gasteiger partial charge >= 0.3 is 0 Å². The molecular formula is C20H21N7. The van der Waals surface area contributed by atoms with Gasteiger partial charge in [-0.2, -0.15) is 0 Å². The summed E-state index contributed by atoms with van der Waals surface area (Å²) >= 11 is 0. The number of aliphatic imine (C=N–C) groups is 2. The fourth-order valence-corrected chi connectivity index (χ4v) is 3.16. The van der Waals surface area contributed by atoms with Crippen LogP contribution >= 0.6 is 0 Å². The van der Waals surface area contributed by atoms with Gasteiger partial charge in [0.05, 0.1) is 24.3 Å². The Labute approximate surface area is 156 Å². The molecule has 0 saturated carbocycles. The normalized spacial score (nSPS) is 12.3. The van der Waals surface area contributed by atoms with E-state index in [1.54, 1.807) is 20.4 Å². The molecule has 7 nitrogen and oxygen atoms in total. The van der Waals surface area contributed by atoms with Crippen LogP contribution in [0.5, 0.6) is 0 Å². The summed E-state index contributed by atoms with van der Waals surface area (Å²) in [7, 11) is 3.43. The minimum absolute atomic E-state index is 0.541. The maximum absolute atomic E-state index is 4.82. The van der Waals surface area contributed by atoms with Crippen molar-refractivity contribution >= 4 is 28.8 Å². The Hall–Kier alpha value is -3.61. The molecule has 3 heterocycles. The first-order chi connectivity index (χ1) is 13.3. The van der Waals surface area contributed by atoms with E-state index in [1.807, 2.05) is 30.6 Å². The summed E-state index contributed by atoms with van der Waals surface area (Å²) in [5, 5.41) is 7.48. The molecule has 0 bridgehead atoms. The molecule has 4 rings (SSSR count). The maximum Gasteiger partial charge on any atom is 0.196 e. The number of imidazole rings is 1. The molecule has 0 unspecified atom stereocenters. The molecule has 4 aromatic rings. The molecule has 0 spiro atoms. The van der Waals surface area contributed by atoms with Crippen LogP contribution in [0.3, 0.4) is 0 Å². The summed E-state index contributed by atoms with van der Waals surface area (Å²) in [5.74, 6) is 0.643. The van der Waals surface area contributed by atoms with Crippen molar-refractivity contribution < 1.29 is 0 Å². The summed E-state index contributed by atoms with van der Waals surface area (Å²) < 4.78 is 2.12. The van der Waals surface area contributed by atoms with E-state index >= 15 is 0 Å². The van der Waals surface area contributed by atoms with Gasteiger partial charge in [-0.25, -0.2) is 4.98 Å². The molecule has 0 aliphatic heterocycles. The zero-order valence-corrected chi connectivity index (χ0v) is 15.3. The summed E-state index contributed by atoms with van der Waals surface area (Å²) in [6, 6.07) is 14.5. The second-order valence-electron chi connectivity index (χ2n) is 6.07. The molecule has 0 saturated heterocycles. The molecule has 1 aromatic carbocycles. The first-order valence-electron chi connectivity index (χ1n) is 8.71. The third kappa shape index (κ3) is 3.27. The molecule has 136 valence electrons. The third-order valence-electron chi connectivity index (χ3n) is 4.41. The van der Waals surface area contributed by atoms with Crippen molar-refractivity contribution in [2.24, 2.45) is 9.98 Å². The van der Waals surface area contributed by atoms with Gasteiger partial charge in [-0.3, -0.25) is 14.4 Å². The van der Waals surface area contributed by atoms with Crippen LogP contribution in [0, 0.1) is 0 Å². The molecule has 0 amide bonds. The maximum atomic E-state index is 4.82. The Morgan fingerprint density at radius 1 is 1.22 bits per heavy atom. The number of pyridine rings is 1. The Kier molecular flexibility index (Phi) is 4.57. The van der Waals surface area contributed by atoms with Crippen molar-refractivity contribution in [1.82, 2.24) is 25.0 Å². The minimum atomic E-state index is 0.541. The van der Waals surface area contributed by atoms with Crippen LogP contribution in [0.1, 0.15) is 5.69 Å². The third-order valence-corrected chi connectivity index (χ3v) is 4.41. The number of benzene rings is 1. The number of rotatable bonds is 4. The van der Waals surface area contributed by atoms with Crippen LogP contribution in [-0.4, -0.2) is 40.8 Å². The molecule has 3 aromatic heterocycles. The van der Waals surface area contributed by atoms with Crippen LogP contribution in [0.4, 0.5) is 0 Å². The van der Waals surface area contributed by atoms with Gasteiger partial charge in [-0.05, 0) is 30.3 Å². The van der Waals surface area contributed by atoms with E-state index in [-0.39, 0.29) is 0 Å². The smallest absolute Gasteiger partial charge is 0.196 e. The number of nitrogens with zero attached hydrogens (tertiary/aromatic N) is 4. The number of fused-ring (bicyclic) bond motifs is 2. The highest BCUT2D eigenvalue weighted by Crippen LogP contribution is 2.28. The van der Waals surface area contributed by atoms with Crippen LogP contribution in [-0.2, 0) is 6.54 Å². The van der Waals surface area contributed by atoms with Crippen LogP contribution < -0.4 is 10.6 Å². The largest absolute Gasteiger partial charge is 0.361 e. The zero-order valence-electron chi connectivity index (χ0n) is 15.3. The second-order valence-corrected chi connectivity index (χ2v) is 6.07. The molecule has 0 atom stereocenters. The van der Waals surface area contributed by atoms with Gasteiger partial charge in [0.25, 0.3) is 0 Å². The highest BCUT2D eigenvalue weighted by molar-refractivity contribution is 5.90. The van der Waals surface area contributed by atoms with E-state index in [0.29, 0.717) is 12.5 Å². The van der Waals surface area contributed by atoms with E-state index in [9.17, 15) is 0 Å². The Bertz CT molecular complexity index is 1130. The van der Waals surface area contributed by atoms with Crippen LogP contribution in [0.2, 0.25) is 0 Å². The number of H-pyrrole nitrogens is 1. The van der Waals surface area contributed by atoms with Crippen molar-refractivity contribution in [2.45, 2.75) is 6.54 Å². The number of hydrogen-bond donors (Lipinski definition) is 3. The van der Waals surface area contributed by atoms with E-state index in [1.165, 1.54) is 5.39 Å². The predicted octanol–water partition coefficient (Wildman–Crippen LogP) is 2.81. The van der Waals surface area contributed by atoms with Gasteiger partial charge in [-0.1, -0.05) is 12.1 Å².